The van der Waals surface area contributed by atoms with Crippen LogP contribution in [0.25, 0.3) is 0 Å². The molecule has 0 aliphatic rings. The van der Waals surface area contributed by atoms with Crippen molar-refractivity contribution in [1.82, 2.24) is 9.97 Å². The summed E-state index contributed by atoms with van der Waals surface area (Å²) in [6.45, 7) is 1.99. The van der Waals surface area contributed by atoms with E-state index in [4.69, 9.17) is 17.4 Å². The number of halogens is 2. The minimum Gasteiger partial charge on any atom is -0.339 e. The summed E-state index contributed by atoms with van der Waals surface area (Å²) in [6, 6.07) is 5.83. The second-order valence-corrected chi connectivity index (χ2v) is 4.83. The Labute approximate surface area is 118 Å². The molecule has 0 bridgehead atoms. The topological polar surface area (TPSA) is 75.9 Å². The lowest BCUT2D eigenvalue weighted by Crippen LogP contribution is -2.11. The van der Waals surface area contributed by atoms with Crippen LogP contribution in [0.4, 0.5) is 17.5 Å². The van der Waals surface area contributed by atoms with E-state index in [2.05, 4.69) is 36.6 Å². The Kier molecular flexibility index (Phi) is 4.00. The first-order valence-electron chi connectivity index (χ1n) is 5.13. The van der Waals surface area contributed by atoms with Crippen LogP contribution >= 0.6 is 27.5 Å². The van der Waals surface area contributed by atoms with E-state index in [0.717, 1.165) is 15.7 Å². The van der Waals surface area contributed by atoms with Gasteiger partial charge < -0.3 is 5.32 Å². The number of hydrogen-bond acceptors (Lipinski definition) is 5. The minimum absolute atomic E-state index is 0.301. The van der Waals surface area contributed by atoms with Gasteiger partial charge in [-0.05, 0) is 24.6 Å². The molecular formula is C11H11BrClN5. The molecule has 0 saturated heterocycles. The fourth-order valence-corrected chi connectivity index (χ4v) is 1.90. The average Bonchev–Trinajstić information content (AvgIpc) is 2.37. The van der Waals surface area contributed by atoms with Crippen LogP contribution in [-0.4, -0.2) is 9.97 Å². The monoisotopic (exact) mass is 327 g/mol. The van der Waals surface area contributed by atoms with Crippen LogP contribution in [0.2, 0.25) is 5.02 Å². The Morgan fingerprint density at radius 3 is 2.89 bits per heavy atom. The Morgan fingerprint density at radius 2 is 2.17 bits per heavy atom. The molecule has 1 aromatic carbocycles. The van der Waals surface area contributed by atoms with Crippen LogP contribution in [0.15, 0.2) is 28.9 Å². The van der Waals surface area contributed by atoms with Gasteiger partial charge in [-0.3, -0.25) is 5.43 Å². The Balaban J connectivity index is 2.36. The molecule has 0 aliphatic heterocycles. The maximum atomic E-state index is 6.03. The lowest BCUT2D eigenvalue weighted by atomic mass is 10.2. The summed E-state index contributed by atoms with van der Waals surface area (Å²) in [6.07, 6.45) is 1.49. The maximum Gasteiger partial charge on any atom is 0.239 e. The molecule has 2 aromatic rings. The number of nitrogen functional groups attached to an aromatic ring is 1. The molecule has 0 aliphatic carbocycles. The van der Waals surface area contributed by atoms with Crippen molar-refractivity contribution in [3.63, 3.8) is 0 Å². The summed E-state index contributed by atoms with van der Waals surface area (Å²) in [4.78, 5) is 8.06. The van der Waals surface area contributed by atoms with Crippen molar-refractivity contribution < 1.29 is 0 Å². The van der Waals surface area contributed by atoms with Crippen molar-refractivity contribution in [3.05, 3.63) is 39.5 Å². The number of anilines is 3. The highest BCUT2D eigenvalue weighted by molar-refractivity contribution is 9.10. The molecule has 0 saturated carbocycles. The Morgan fingerprint density at radius 1 is 1.39 bits per heavy atom. The summed E-state index contributed by atoms with van der Waals surface area (Å²) >= 11 is 9.50. The predicted molar refractivity (Wildman–Crippen MR) is 77.0 cm³/mol. The van der Waals surface area contributed by atoms with Gasteiger partial charge in [0.15, 0.2) is 5.82 Å². The fourth-order valence-electron chi connectivity index (χ4n) is 1.39. The zero-order valence-electron chi connectivity index (χ0n) is 9.54. The van der Waals surface area contributed by atoms with Crippen molar-refractivity contribution in [1.29, 1.82) is 0 Å². The first kappa shape index (κ1) is 13.1. The normalized spacial score (nSPS) is 10.2. The van der Waals surface area contributed by atoms with Gasteiger partial charge in [-0.25, -0.2) is 10.8 Å². The van der Waals surface area contributed by atoms with Gasteiger partial charge in [-0.1, -0.05) is 33.6 Å². The zero-order chi connectivity index (χ0) is 13.1. The summed E-state index contributed by atoms with van der Waals surface area (Å²) in [5.41, 5.74) is 4.35. The molecule has 0 fully saturated rings. The molecule has 5 nitrogen and oxygen atoms in total. The van der Waals surface area contributed by atoms with Gasteiger partial charge in [0.05, 0.1) is 6.20 Å². The van der Waals surface area contributed by atoms with Crippen molar-refractivity contribution >= 4 is 45.0 Å². The molecular weight excluding hydrogens is 318 g/mol. The first-order valence-corrected chi connectivity index (χ1v) is 6.30. The third kappa shape index (κ3) is 2.72. The van der Waals surface area contributed by atoms with Crippen LogP contribution < -0.4 is 16.6 Å². The molecule has 94 valence electrons. The maximum absolute atomic E-state index is 6.03. The van der Waals surface area contributed by atoms with E-state index in [1.54, 1.807) is 0 Å². The molecule has 0 atom stereocenters. The van der Waals surface area contributed by atoms with Crippen LogP contribution in [0.1, 0.15) is 5.56 Å². The molecule has 1 aromatic heterocycles. The van der Waals surface area contributed by atoms with E-state index in [-0.39, 0.29) is 0 Å². The number of nitrogens with two attached hydrogens (primary N) is 1. The lowest BCUT2D eigenvalue weighted by Gasteiger charge is -2.11. The largest absolute Gasteiger partial charge is 0.339 e. The van der Waals surface area contributed by atoms with E-state index < -0.39 is 0 Å². The van der Waals surface area contributed by atoms with Crippen molar-refractivity contribution in [2.45, 2.75) is 6.92 Å². The third-order valence-electron chi connectivity index (χ3n) is 2.39. The first-order chi connectivity index (χ1) is 8.61. The quantitative estimate of drug-likeness (QED) is 0.596. The fraction of sp³-hybridized carbons (Fsp3) is 0.0909. The number of benzene rings is 1. The summed E-state index contributed by atoms with van der Waals surface area (Å²) in [7, 11) is 0. The van der Waals surface area contributed by atoms with Gasteiger partial charge in [0.1, 0.15) is 5.02 Å². The number of nitrogens with zero attached hydrogens (tertiary/aromatic N) is 2. The molecule has 0 amide bonds. The van der Waals surface area contributed by atoms with Crippen LogP contribution in [-0.2, 0) is 0 Å². The van der Waals surface area contributed by atoms with Gasteiger partial charge in [-0.15, -0.1) is 0 Å². The van der Waals surface area contributed by atoms with Crippen molar-refractivity contribution in [3.8, 4) is 0 Å². The van der Waals surface area contributed by atoms with E-state index >= 15 is 0 Å². The standard InChI is InChI=1S/C11H11BrClN5/c1-6-7(12)3-2-4-9(6)16-10-8(13)5-15-11(17-10)18-14/h2-5H,14H2,1H3,(H2,15,16,17,18). The van der Waals surface area contributed by atoms with Crippen molar-refractivity contribution in [2.24, 2.45) is 5.84 Å². The van der Waals surface area contributed by atoms with Gasteiger partial charge in [0, 0.05) is 10.2 Å². The van der Waals surface area contributed by atoms with Crippen LogP contribution in [0, 0.1) is 6.92 Å². The van der Waals surface area contributed by atoms with E-state index in [9.17, 15) is 0 Å². The second-order valence-electron chi connectivity index (χ2n) is 3.57. The predicted octanol–water partition coefficient (Wildman–Crippen LogP) is 3.23. The molecule has 0 spiro atoms. The minimum atomic E-state index is 0.301. The molecule has 1 heterocycles. The zero-order valence-corrected chi connectivity index (χ0v) is 11.9. The van der Waals surface area contributed by atoms with Gasteiger partial charge in [-0.2, -0.15) is 4.98 Å². The van der Waals surface area contributed by atoms with Gasteiger partial charge in [0.2, 0.25) is 5.95 Å². The molecule has 0 unspecified atom stereocenters. The van der Waals surface area contributed by atoms with Gasteiger partial charge >= 0.3 is 0 Å². The highest BCUT2D eigenvalue weighted by atomic mass is 79.9. The third-order valence-corrected chi connectivity index (χ3v) is 3.53. The summed E-state index contributed by atoms with van der Waals surface area (Å²) in [5, 5.41) is 3.57. The molecule has 0 radical (unpaired) electrons. The smallest absolute Gasteiger partial charge is 0.239 e. The van der Waals surface area contributed by atoms with Crippen LogP contribution in [0.3, 0.4) is 0 Å². The molecule has 2 rings (SSSR count). The summed E-state index contributed by atoms with van der Waals surface area (Å²) in [5.74, 6) is 6.06. The highest BCUT2D eigenvalue weighted by Crippen LogP contribution is 2.28. The second kappa shape index (κ2) is 5.51. The Bertz CT molecular complexity index is 575. The molecule has 18 heavy (non-hydrogen) atoms. The van der Waals surface area contributed by atoms with Crippen molar-refractivity contribution in [2.75, 3.05) is 10.7 Å². The molecule has 7 heteroatoms. The van der Waals surface area contributed by atoms with Gasteiger partial charge in [0.25, 0.3) is 0 Å². The summed E-state index contributed by atoms with van der Waals surface area (Å²) < 4.78 is 1.01. The number of aromatic nitrogens is 2. The lowest BCUT2D eigenvalue weighted by molar-refractivity contribution is 1.12. The van der Waals surface area contributed by atoms with E-state index in [1.807, 2.05) is 25.1 Å². The van der Waals surface area contributed by atoms with E-state index in [1.165, 1.54) is 6.20 Å². The molecule has 4 N–H and O–H groups in total. The highest BCUT2D eigenvalue weighted by Gasteiger charge is 2.07. The average molecular weight is 329 g/mol. The van der Waals surface area contributed by atoms with E-state index in [0.29, 0.717) is 16.8 Å². The SMILES string of the molecule is Cc1c(Br)cccc1Nc1nc(NN)ncc1Cl. The Hall–Kier alpha value is -1.37. The number of nitrogens with one attached hydrogen (secondary N) is 2. The van der Waals surface area contributed by atoms with Crippen LogP contribution in [0.5, 0.6) is 0 Å². The number of hydrazine groups is 1. The number of hydrogen-bond donors (Lipinski definition) is 3. The number of rotatable bonds is 3.